The van der Waals surface area contributed by atoms with Gasteiger partial charge in [-0.25, -0.2) is 4.98 Å². The van der Waals surface area contributed by atoms with Crippen LogP contribution in [0.3, 0.4) is 0 Å². The molecule has 148 valence electrons. The standard InChI is InChI=1S/C20H35N3O3/c1-4-7-8-9-10-11-12-19(24)23(14-6-3)15-18-22-17(16-26-18)20(25)21-13-5-2/h16H,4-15H2,1-3H3,(H,21,25). The van der Waals surface area contributed by atoms with Crippen LogP contribution in [-0.4, -0.2) is 34.8 Å². The third-order valence-electron chi connectivity index (χ3n) is 4.24. The summed E-state index contributed by atoms with van der Waals surface area (Å²) in [6.45, 7) is 7.85. The van der Waals surface area contributed by atoms with Gasteiger partial charge in [-0.15, -0.1) is 0 Å². The van der Waals surface area contributed by atoms with Crippen molar-refractivity contribution in [2.75, 3.05) is 13.1 Å². The van der Waals surface area contributed by atoms with Crippen molar-refractivity contribution in [3.63, 3.8) is 0 Å². The van der Waals surface area contributed by atoms with E-state index in [0.717, 1.165) is 25.7 Å². The molecule has 0 saturated carbocycles. The lowest BCUT2D eigenvalue weighted by Gasteiger charge is -2.20. The van der Waals surface area contributed by atoms with Gasteiger partial charge in [-0.1, -0.05) is 52.9 Å². The lowest BCUT2D eigenvalue weighted by molar-refractivity contribution is -0.132. The molecule has 0 aliphatic heterocycles. The van der Waals surface area contributed by atoms with Gasteiger partial charge in [-0.2, -0.15) is 0 Å². The quantitative estimate of drug-likeness (QED) is 0.499. The van der Waals surface area contributed by atoms with Crippen molar-refractivity contribution < 1.29 is 14.0 Å². The van der Waals surface area contributed by atoms with Crippen LogP contribution in [-0.2, 0) is 11.3 Å². The Morgan fingerprint density at radius 2 is 1.77 bits per heavy atom. The summed E-state index contributed by atoms with van der Waals surface area (Å²) < 4.78 is 5.40. The van der Waals surface area contributed by atoms with Gasteiger partial charge in [0.2, 0.25) is 11.8 Å². The van der Waals surface area contributed by atoms with Crippen molar-refractivity contribution in [2.45, 2.75) is 85.1 Å². The van der Waals surface area contributed by atoms with Crippen LogP contribution in [0.25, 0.3) is 0 Å². The van der Waals surface area contributed by atoms with Crippen LogP contribution >= 0.6 is 0 Å². The van der Waals surface area contributed by atoms with Gasteiger partial charge in [0, 0.05) is 19.5 Å². The summed E-state index contributed by atoms with van der Waals surface area (Å²) in [5.74, 6) is 0.316. The molecule has 1 aromatic heterocycles. The lowest BCUT2D eigenvalue weighted by atomic mass is 10.1. The van der Waals surface area contributed by atoms with Crippen LogP contribution in [0.15, 0.2) is 10.7 Å². The molecule has 2 amide bonds. The molecule has 0 aliphatic carbocycles. The number of hydrogen-bond acceptors (Lipinski definition) is 4. The molecule has 0 aromatic carbocycles. The second-order valence-corrected chi connectivity index (χ2v) is 6.72. The zero-order chi connectivity index (χ0) is 19.2. The molecule has 0 radical (unpaired) electrons. The Balaban J connectivity index is 2.47. The van der Waals surface area contributed by atoms with Crippen LogP contribution in [0, 0.1) is 0 Å². The highest BCUT2D eigenvalue weighted by molar-refractivity contribution is 5.91. The van der Waals surface area contributed by atoms with Crippen LogP contribution < -0.4 is 5.32 Å². The Kier molecular flexibility index (Phi) is 11.4. The first-order valence-electron chi connectivity index (χ1n) is 10.1. The molecule has 6 nitrogen and oxygen atoms in total. The van der Waals surface area contributed by atoms with Gasteiger partial charge in [0.1, 0.15) is 6.26 Å². The molecule has 0 saturated heterocycles. The summed E-state index contributed by atoms with van der Waals surface area (Å²) >= 11 is 0. The fourth-order valence-corrected chi connectivity index (χ4v) is 2.76. The number of nitrogens with one attached hydrogen (secondary N) is 1. The normalized spacial score (nSPS) is 10.7. The minimum atomic E-state index is -0.234. The highest BCUT2D eigenvalue weighted by Gasteiger charge is 2.17. The molecule has 0 atom stereocenters. The SMILES string of the molecule is CCCCCCCCC(=O)N(CCC)Cc1nc(C(=O)NCCC)co1. The average Bonchev–Trinajstić information content (AvgIpc) is 3.10. The number of aromatic nitrogens is 1. The van der Waals surface area contributed by atoms with Gasteiger partial charge >= 0.3 is 0 Å². The highest BCUT2D eigenvalue weighted by atomic mass is 16.3. The minimum Gasteiger partial charge on any atom is -0.446 e. The van der Waals surface area contributed by atoms with E-state index >= 15 is 0 Å². The summed E-state index contributed by atoms with van der Waals surface area (Å²) in [7, 11) is 0. The van der Waals surface area contributed by atoms with E-state index in [1.54, 1.807) is 4.90 Å². The largest absolute Gasteiger partial charge is 0.446 e. The van der Waals surface area contributed by atoms with Gasteiger partial charge in [0.25, 0.3) is 5.91 Å². The van der Waals surface area contributed by atoms with E-state index in [2.05, 4.69) is 17.2 Å². The number of amides is 2. The zero-order valence-electron chi connectivity index (χ0n) is 16.7. The van der Waals surface area contributed by atoms with Gasteiger partial charge in [-0.05, 0) is 19.3 Å². The number of nitrogens with zero attached hydrogens (tertiary/aromatic N) is 2. The Bertz CT molecular complexity index is 528. The fourth-order valence-electron chi connectivity index (χ4n) is 2.76. The predicted octanol–water partition coefficient (Wildman–Crippen LogP) is 4.30. The predicted molar refractivity (Wildman–Crippen MR) is 103 cm³/mol. The summed E-state index contributed by atoms with van der Waals surface area (Å²) in [5, 5.41) is 2.77. The topological polar surface area (TPSA) is 75.4 Å². The number of oxazole rings is 1. The van der Waals surface area contributed by atoms with E-state index in [-0.39, 0.29) is 17.5 Å². The molecule has 1 aromatic rings. The Morgan fingerprint density at radius 3 is 2.46 bits per heavy atom. The van der Waals surface area contributed by atoms with Crippen molar-refractivity contribution >= 4 is 11.8 Å². The number of unbranched alkanes of at least 4 members (excludes halogenated alkanes) is 5. The fraction of sp³-hybridized carbons (Fsp3) is 0.750. The van der Waals surface area contributed by atoms with Gasteiger partial charge in [-0.3, -0.25) is 9.59 Å². The molecule has 0 aliphatic rings. The van der Waals surface area contributed by atoms with E-state index in [9.17, 15) is 9.59 Å². The second kappa shape index (κ2) is 13.4. The third kappa shape index (κ3) is 8.50. The van der Waals surface area contributed by atoms with Crippen LogP contribution in [0.1, 0.15) is 94.9 Å². The maximum Gasteiger partial charge on any atom is 0.273 e. The summed E-state index contributed by atoms with van der Waals surface area (Å²) in [6, 6.07) is 0. The summed E-state index contributed by atoms with van der Waals surface area (Å²) in [6.07, 6.45) is 10.7. The molecule has 0 bridgehead atoms. The monoisotopic (exact) mass is 365 g/mol. The van der Waals surface area contributed by atoms with E-state index in [0.29, 0.717) is 31.9 Å². The molecule has 0 fully saturated rings. The van der Waals surface area contributed by atoms with Gasteiger partial charge < -0.3 is 14.6 Å². The van der Waals surface area contributed by atoms with Gasteiger partial charge in [0.05, 0.1) is 6.54 Å². The van der Waals surface area contributed by atoms with Crippen LogP contribution in [0.2, 0.25) is 0 Å². The lowest BCUT2D eigenvalue weighted by Crippen LogP contribution is -2.31. The summed E-state index contributed by atoms with van der Waals surface area (Å²) in [4.78, 5) is 30.4. The smallest absolute Gasteiger partial charge is 0.273 e. The molecule has 6 heteroatoms. The van der Waals surface area contributed by atoms with Crippen molar-refractivity contribution in [1.82, 2.24) is 15.2 Å². The molecule has 26 heavy (non-hydrogen) atoms. The van der Waals surface area contributed by atoms with Crippen molar-refractivity contribution in [1.29, 1.82) is 0 Å². The molecule has 0 unspecified atom stereocenters. The van der Waals surface area contributed by atoms with E-state index in [4.69, 9.17) is 4.42 Å². The number of hydrogen-bond donors (Lipinski definition) is 1. The number of carbonyl (C=O) groups excluding carboxylic acids is 2. The highest BCUT2D eigenvalue weighted by Crippen LogP contribution is 2.12. The molecule has 1 rings (SSSR count). The van der Waals surface area contributed by atoms with Crippen molar-refractivity contribution in [2.24, 2.45) is 0 Å². The first-order chi connectivity index (χ1) is 12.6. The Morgan fingerprint density at radius 1 is 1.04 bits per heavy atom. The van der Waals surface area contributed by atoms with Crippen LogP contribution in [0.4, 0.5) is 0 Å². The average molecular weight is 366 g/mol. The van der Waals surface area contributed by atoms with E-state index in [1.807, 2.05) is 13.8 Å². The first kappa shape index (κ1) is 22.2. The number of rotatable bonds is 14. The molecule has 0 spiro atoms. The minimum absolute atomic E-state index is 0.137. The van der Waals surface area contributed by atoms with E-state index < -0.39 is 0 Å². The van der Waals surface area contributed by atoms with Crippen molar-refractivity contribution in [3.05, 3.63) is 17.8 Å². The zero-order valence-corrected chi connectivity index (χ0v) is 16.7. The third-order valence-corrected chi connectivity index (χ3v) is 4.24. The molecule has 1 heterocycles. The van der Waals surface area contributed by atoms with E-state index in [1.165, 1.54) is 31.9 Å². The first-order valence-corrected chi connectivity index (χ1v) is 10.1. The number of carbonyl (C=O) groups is 2. The second-order valence-electron chi connectivity index (χ2n) is 6.72. The Labute approximate surface area is 157 Å². The summed E-state index contributed by atoms with van der Waals surface area (Å²) in [5.41, 5.74) is 0.272. The van der Waals surface area contributed by atoms with Crippen molar-refractivity contribution in [3.8, 4) is 0 Å². The molecular weight excluding hydrogens is 330 g/mol. The molecule has 1 N–H and O–H groups in total. The van der Waals surface area contributed by atoms with Crippen LogP contribution in [0.5, 0.6) is 0 Å². The molecular formula is C20H35N3O3. The maximum atomic E-state index is 12.5. The Hall–Kier alpha value is -1.85. The maximum absolute atomic E-state index is 12.5. The van der Waals surface area contributed by atoms with Gasteiger partial charge in [0.15, 0.2) is 5.69 Å².